The van der Waals surface area contributed by atoms with Crippen LogP contribution in [0, 0.1) is 5.82 Å². The van der Waals surface area contributed by atoms with E-state index >= 15 is 0 Å². The monoisotopic (exact) mass is 356 g/mol. The van der Waals surface area contributed by atoms with E-state index in [1.165, 1.54) is 12.1 Å². The van der Waals surface area contributed by atoms with Crippen molar-refractivity contribution in [2.24, 2.45) is 0 Å². The van der Waals surface area contributed by atoms with Crippen molar-refractivity contribution in [2.75, 3.05) is 42.9 Å². The maximum atomic E-state index is 13.6. The molecule has 3 N–H and O–H groups in total. The Hall–Kier alpha value is -2.93. The van der Waals surface area contributed by atoms with Crippen molar-refractivity contribution in [3.63, 3.8) is 0 Å². The van der Waals surface area contributed by atoms with E-state index in [1.807, 2.05) is 6.07 Å². The van der Waals surface area contributed by atoms with E-state index in [0.29, 0.717) is 11.3 Å². The van der Waals surface area contributed by atoms with Gasteiger partial charge in [0.25, 0.3) is 5.91 Å². The summed E-state index contributed by atoms with van der Waals surface area (Å²) >= 11 is 0. The van der Waals surface area contributed by atoms with Gasteiger partial charge in [0.05, 0.1) is 17.9 Å². The van der Waals surface area contributed by atoms with Gasteiger partial charge >= 0.3 is 0 Å². The molecule has 3 rings (SSSR count). The van der Waals surface area contributed by atoms with E-state index in [0.717, 1.165) is 31.9 Å². The van der Waals surface area contributed by atoms with Crippen LogP contribution in [0.5, 0.6) is 0 Å². The summed E-state index contributed by atoms with van der Waals surface area (Å²) in [6.07, 6.45) is 0. The van der Waals surface area contributed by atoms with Gasteiger partial charge in [-0.25, -0.2) is 4.39 Å². The quantitative estimate of drug-likeness (QED) is 0.761. The Labute approximate surface area is 151 Å². The number of carbonyl (C=O) groups is 2. The first-order valence-corrected chi connectivity index (χ1v) is 8.52. The highest BCUT2D eigenvalue weighted by atomic mass is 19.1. The summed E-state index contributed by atoms with van der Waals surface area (Å²) < 4.78 is 13.6. The molecule has 0 radical (unpaired) electrons. The third-order valence-corrected chi connectivity index (χ3v) is 4.14. The third-order valence-electron chi connectivity index (χ3n) is 4.14. The summed E-state index contributed by atoms with van der Waals surface area (Å²) in [6, 6.07) is 13.0. The number of nitrogens with one attached hydrogen (secondary N) is 3. The molecule has 0 bridgehead atoms. The van der Waals surface area contributed by atoms with Gasteiger partial charge in [0, 0.05) is 31.7 Å². The fourth-order valence-electron chi connectivity index (χ4n) is 2.84. The minimum Gasteiger partial charge on any atom is -0.367 e. The lowest BCUT2D eigenvalue weighted by atomic mass is 10.2. The van der Waals surface area contributed by atoms with E-state index in [-0.39, 0.29) is 12.5 Å². The zero-order valence-electron chi connectivity index (χ0n) is 14.3. The maximum Gasteiger partial charge on any atom is 0.251 e. The van der Waals surface area contributed by atoms with Crippen molar-refractivity contribution in [3.05, 3.63) is 59.9 Å². The number of amides is 2. The Morgan fingerprint density at radius 2 is 1.81 bits per heavy atom. The summed E-state index contributed by atoms with van der Waals surface area (Å²) in [7, 11) is 0. The standard InChI is InChI=1S/C19H21FN4O2/c20-15-6-7-17(24-10-8-21-9-11-24)16(12-15)23-18(25)13-22-19(26)14-4-2-1-3-5-14/h1-7,12,21H,8-11,13H2,(H,22,26)(H,23,25). The van der Waals surface area contributed by atoms with Crippen molar-refractivity contribution in [2.45, 2.75) is 0 Å². The minimum absolute atomic E-state index is 0.189. The van der Waals surface area contributed by atoms with E-state index in [1.54, 1.807) is 30.3 Å². The molecule has 1 heterocycles. The van der Waals surface area contributed by atoms with Crippen molar-refractivity contribution in [1.29, 1.82) is 0 Å². The number of rotatable bonds is 5. The van der Waals surface area contributed by atoms with Crippen LogP contribution in [0.4, 0.5) is 15.8 Å². The van der Waals surface area contributed by atoms with Gasteiger partial charge in [-0.3, -0.25) is 9.59 Å². The highest BCUT2D eigenvalue weighted by Gasteiger charge is 2.16. The second-order valence-electron chi connectivity index (χ2n) is 6.00. The van der Waals surface area contributed by atoms with Crippen molar-refractivity contribution in [1.82, 2.24) is 10.6 Å². The van der Waals surface area contributed by atoms with Gasteiger partial charge in [-0.2, -0.15) is 0 Å². The lowest BCUT2D eigenvalue weighted by Gasteiger charge is -2.31. The SMILES string of the molecule is O=C(CNC(=O)c1ccccc1)Nc1cc(F)ccc1N1CCNCC1. The Kier molecular flexibility index (Phi) is 5.80. The van der Waals surface area contributed by atoms with E-state index in [9.17, 15) is 14.0 Å². The smallest absolute Gasteiger partial charge is 0.251 e. The lowest BCUT2D eigenvalue weighted by Crippen LogP contribution is -2.44. The maximum absolute atomic E-state index is 13.6. The Morgan fingerprint density at radius 1 is 1.08 bits per heavy atom. The highest BCUT2D eigenvalue weighted by molar-refractivity contribution is 6.00. The summed E-state index contributed by atoms with van der Waals surface area (Å²) in [5.74, 6) is -1.16. The molecule has 2 aromatic rings. The van der Waals surface area contributed by atoms with Crippen LogP contribution in [-0.2, 0) is 4.79 Å². The van der Waals surface area contributed by atoms with Crippen LogP contribution in [0.1, 0.15) is 10.4 Å². The molecule has 136 valence electrons. The highest BCUT2D eigenvalue weighted by Crippen LogP contribution is 2.27. The third kappa shape index (κ3) is 4.58. The molecule has 2 aromatic carbocycles. The van der Waals surface area contributed by atoms with E-state index in [4.69, 9.17) is 0 Å². The van der Waals surface area contributed by atoms with E-state index < -0.39 is 11.7 Å². The fraction of sp³-hybridized carbons (Fsp3) is 0.263. The number of halogens is 1. The summed E-state index contributed by atoms with van der Waals surface area (Å²) in [4.78, 5) is 26.3. The number of piperazine rings is 1. The average molecular weight is 356 g/mol. The van der Waals surface area contributed by atoms with Gasteiger partial charge in [-0.1, -0.05) is 18.2 Å². The molecular weight excluding hydrogens is 335 g/mol. The predicted molar refractivity (Wildman–Crippen MR) is 98.9 cm³/mol. The molecule has 0 saturated carbocycles. The molecule has 1 saturated heterocycles. The Bertz CT molecular complexity index is 776. The number of benzene rings is 2. The molecule has 0 unspecified atom stereocenters. The summed E-state index contributed by atoms with van der Waals surface area (Å²) in [5, 5.41) is 8.52. The average Bonchev–Trinajstić information content (AvgIpc) is 2.67. The lowest BCUT2D eigenvalue weighted by molar-refractivity contribution is -0.115. The zero-order chi connectivity index (χ0) is 18.4. The van der Waals surface area contributed by atoms with Crippen LogP contribution in [0.2, 0.25) is 0 Å². The number of hydrogen-bond donors (Lipinski definition) is 3. The molecule has 1 aliphatic heterocycles. The van der Waals surface area contributed by atoms with Crippen LogP contribution in [0.3, 0.4) is 0 Å². The molecular formula is C19H21FN4O2. The van der Waals surface area contributed by atoms with Gasteiger partial charge in [0.15, 0.2) is 0 Å². The molecule has 0 spiro atoms. The molecule has 1 fully saturated rings. The molecule has 0 aromatic heterocycles. The van der Waals surface area contributed by atoms with Crippen LogP contribution >= 0.6 is 0 Å². The van der Waals surface area contributed by atoms with Crippen LogP contribution in [0.15, 0.2) is 48.5 Å². The number of hydrogen-bond acceptors (Lipinski definition) is 4. The molecule has 2 amide bonds. The van der Waals surface area contributed by atoms with Crippen LogP contribution < -0.4 is 20.9 Å². The number of anilines is 2. The molecule has 0 atom stereocenters. The molecule has 6 nitrogen and oxygen atoms in total. The molecule has 0 aliphatic carbocycles. The summed E-state index contributed by atoms with van der Waals surface area (Å²) in [6.45, 7) is 3.03. The largest absolute Gasteiger partial charge is 0.367 e. The minimum atomic E-state index is -0.424. The number of carbonyl (C=O) groups excluding carboxylic acids is 2. The molecule has 26 heavy (non-hydrogen) atoms. The van der Waals surface area contributed by atoms with Crippen LogP contribution in [0.25, 0.3) is 0 Å². The normalized spacial score (nSPS) is 14.0. The van der Waals surface area contributed by atoms with Gasteiger partial charge < -0.3 is 20.9 Å². The first kappa shape index (κ1) is 17.9. The van der Waals surface area contributed by atoms with Gasteiger partial charge in [-0.15, -0.1) is 0 Å². The molecule has 1 aliphatic rings. The topological polar surface area (TPSA) is 73.5 Å². The van der Waals surface area contributed by atoms with Gasteiger partial charge in [0.2, 0.25) is 5.91 Å². The first-order chi connectivity index (χ1) is 12.6. The van der Waals surface area contributed by atoms with Crippen LogP contribution in [-0.4, -0.2) is 44.5 Å². The van der Waals surface area contributed by atoms with Gasteiger partial charge in [-0.05, 0) is 30.3 Å². The van der Waals surface area contributed by atoms with E-state index in [2.05, 4.69) is 20.9 Å². The predicted octanol–water partition coefficient (Wildman–Crippen LogP) is 1.60. The Balaban J connectivity index is 1.63. The number of nitrogens with zero attached hydrogens (tertiary/aromatic N) is 1. The second-order valence-corrected chi connectivity index (χ2v) is 6.00. The second kappa shape index (κ2) is 8.44. The van der Waals surface area contributed by atoms with Crippen molar-refractivity contribution < 1.29 is 14.0 Å². The first-order valence-electron chi connectivity index (χ1n) is 8.52. The van der Waals surface area contributed by atoms with Gasteiger partial charge in [0.1, 0.15) is 5.82 Å². The Morgan fingerprint density at radius 3 is 2.54 bits per heavy atom. The summed E-state index contributed by atoms with van der Waals surface area (Å²) in [5.41, 5.74) is 1.66. The fourth-order valence-corrected chi connectivity index (χ4v) is 2.84. The van der Waals surface area contributed by atoms with Crippen molar-refractivity contribution in [3.8, 4) is 0 Å². The molecule has 7 heteroatoms. The zero-order valence-corrected chi connectivity index (χ0v) is 14.3. The van der Waals surface area contributed by atoms with Crippen molar-refractivity contribution >= 4 is 23.2 Å².